The molecule has 4 unspecified atom stereocenters. The van der Waals surface area contributed by atoms with Gasteiger partial charge < -0.3 is 39.9 Å². The summed E-state index contributed by atoms with van der Waals surface area (Å²) in [6.45, 7) is 21.3. The molecule has 3 rings (SSSR count). The van der Waals surface area contributed by atoms with Gasteiger partial charge in [-0.1, -0.05) is 77.8 Å². The molecule has 1 aromatic carbocycles. The Balaban J connectivity index is 1.78. The third-order valence-electron chi connectivity index (χ3n) is 16.4. The zero-order valence-electron chi connectivity index (χ0n) is 54.0. The molecule has 0 bridgehead atoms. The molecule has 1 fully saturated rings. The lowest BCUT2D eigenvalue weighted by Gasteiger charge is -2.39. The van der Waals surface area contributed by atoms with E-state index in [-0.39, 0.29) is 131 Å². The number of rotatable bonds is 42. The highest BCUT2D eigenvalue weighted by atomic mass is 32.1. The van der Waals surface area contributed by atoms with Crippen LogP contribution >= 0.6 is 11.3 Å². The molecule has 2 heterocycles. The van der Waals surface area contributed by atoms with Crippen LogP contribution in [0.3, 0.4) is 0 Å². The fourth-order valence-corrected chi connectivity index (χ4v) is 10.9. The summed E-state index contributed by atoms with van der Waals surface area (Å²) in [5.41, 5.74) is 1.23. The van der Waals surface area contributed by atoms with Crippen molar-refractivity contribution in [3.05, 3.63) is 51.5 Å². The fourth-order valence-electron chi connectivity index (χ4n) is 10.1. The number of hydrogen-bond donors (Lipinski definition) is 3. The number of ketones is 3. The molecule has 6 amide bonds. The summed E-state index contributed by atoms with van der Waals surface area (Å²) in [6, 6.07) is 5.85. The number of ether oxygens (including phenoxy) is 3. The number of Topliss-reactive ketones (excluding diaryl/α,β-unsaturated/α-hetero) is 3. The van der Waals surface area contributed by atoms with E-state index in [0.717, 1.165) is 22.5 Å². The number of methoxy groups -OCH3 is 1. The summed E-state index contributed by atoms with van der Waals surface area (Å²) in [7, 11) is 5.21. The number of nitrogens with zero attached hydrogens (tertiary/aromatic N) is 4. The number of thiazole rings is 1. The van der Waals surface area contributed by atoms with E-state index in [0.29, 0.717) is 55.5 Å². The smallest absolute Gasteiger partial charge is 0.333 e. The molecule has 1 aromatic heterocycles. The molecule has 0 spiro atoms. The number of aromatic nitrogens is 1. The summed E-state index contributed by atoms with van der Waals surface area (Å²) in [4.78, 5) is 159. The second-order valence-electron chi connectivity index (χ2n) is 24.2. The highest BCUT2D eigenvalue weighted by Crippen LogP contribution is 2.34. The van der Waals surface area contributed by atoms with E-state index in [9.17, 15) is 52.7 Å². The molecular formula is C64H99N7O15S. The Labute approximate surface area is 519 Å². The molecule has 22 nitrogen and oxygen atoms in total. The van der Waals surface area contributed by atoms with Crippen molar-refractivity contribution in [1.82, 2.24) is 35.8 Å². The number of carbonyl (C=O) groups excluding carboxylic acids is 11. The second kappa shape index (κ2) is 37.5. The van der Waals surface area contributed by atoms with Crippen LogP contribution in [0.25, 0.3) is 0 Å². The first-order chi connectivity index (χ1) is 41.0. The van der Waals surface area contributed by atoms with E-state index in [1.54, 1.807) is 24.1 Å². The normalized spacial score (nSPS) is 15.4. The quantitative estimate of drug-likeness (QED) is 0.0331. The van der Waals surface area contributed by atoms with Crippen LogP contribution < -0.4 is 16.0 Å². The van der Waals surface area contributed by atoms with Gasteiger partial charge in [0, 0.05) is 107 Å². The maximum absolute atomic E-state index is 14.7. The Kier molecular flexibility index (Phi) is 32.3. The molecule has 1 saturated heterocycles. The lowest BCUT2D eigenvalue weighted by molar-refractivity contribution is -0.197. The zero-order valence-corrected chi connectivity index (χ0v) is 54.9. The van der Waals surface area contributed by atoms with Crippen LogP contribution in [-0.4, -0.2) is 162 Å². The Morgan fingerprint density at radius 2 is 1.47 bits per heavy atom. The van der Waals surface area contributed by atoms with Gasteiger partial charge in [-0.25, -0.2) is 9.78 Å². The van der Waals surface area contributed by atoms with Gasteiger partial charge in [-0.3, -0.25) is 52.8 Å². The van der Waals surface area contributed by atoms with Crippen molar-refractivity contribution in [3.8, 4) is 0 Å². The number of esters is 1. The highest BCUT2D eigenvalue weighted by Gasteiger charge is 2.40. The minimum atomic E-state index is -0.944. The van der Waals surface area contributed by atoms with E-state index in [1.165, 1.54) is 14.0 Å². The van der Waals surface area contributed by atoms with Gasteiger partial charge in [-0.15, -0.1) is 16.4 Å². The number of likely N-dealkylation sites (N-methyl/N-ethyl adjacent to an activating group) is 1. The van der Waals surface area contributed by atoms with Crippen LogP contribution in [0.5, 0.6) is 0 Å². The monoisotopic (exact) mass is 1240 g/mol. The molecule has 3 N–H and O–H groups in total. The maximum Gasteiger partial charge on any atom is 0.333 e. The van der Waals surface area contributed by atoms with Crippen molar-refractivity contribution < 1.29 is 71.8 Å². The largest absolute Gasteiger partial charge is 0.455 e. The lowest BCUT2D eigenvalue weighted by atomic mass is 9.81. The van der Waals surface area contributed by atoms with Crippen LogP contribution in [0, 0.1) is 36.5 Å². The van der Waals surface area contributed by atoms with E-state index < -0.39 is 83.1 Å². The van der Waals surface area contributed by atoms with Gasteiger partial charge in [-0.2, -0.15) is 0 Å². The van der Waals surface area contributed by atoms with Gasteiger partial charge in [-0.05, 0) is 104 Å². The topological polar surface area (TPSA) is 283 Å². The summed E-state index contributed by atoms with van der Waals surface area (Å²) in [5.74, 6) is -6.90. The molecule has 0 radical (unpaired) electrons. The fraction of sp³-hybridized carbons (Fsp3) is 0.688. The number of amides is 6. The molecular weight excluding hydrogens is 1140 g/mol. The van der Waals surface area contributed by atoms with Crippen LogP contribution in [0.1, 0.15) is 192 Å². The zero-order chi connectivity index (χ0) is 65.1. The maximum atomic E-state index is 14.7. The van der Waals surface area contributed by atoms with Gasteiger partial charge in [0.2, 0.25) is 17.7 Å². The van der Waals surface area contributed by atoms with E-state index in [1.807, 2.05) is 98.7 Å². The summed E-state index contributed by atoms with van der Waals surface area (Å²) < 4.78 is 16.1. The molecule has 87 heavy (non-hydrogen) atoms. The first kappa shape index (κ1) is 75.0. The van der Waals surface area contributed by atoms with Crippen LogP contribution in [0.4, 0.5) is 0 Å². The average molecular weight is 1240 g/mol. The van der Waals surface area contributed by atoms with Gasteiger partial charge in [0.05, 0.1) is 24.8 Å². The molecule has 23 heteroatoms. The van der Waals surface area contributed by atoms with Gasteiger partial charge in [0.15, 0.2) is 17.7 Å². The average Bonchev–Trinajstić information content (AvgIpc) is 2.87. The molecule has 0 aliphatic carbocycles. The molecule has 486 valence electrons. The summed E-state index contributed by atoms with van der Waals surface area (Å²) in [6.07, 6.45) is 1.76. The minimum absolute atomic E-state index is 0.0121. The molecule has 8 atom stereocenters. The molecule has 2 aromatic rings. The predicted octanol–water partition coefficient (Wildman–Crippen LogP) is 7.41. The summed E-state index contributed by atoms with van der Waals surface area (Å²) >= 11 is 1.15. The Morgan fingerprint density at radius 1 is 0.816 bits per heavy atom. The van der Waals surface area contributed by atoms with Crippen LogP contribution in [-0.2, 0) is 73.4 Å². The van der Waals surface area contributed by atoms with Crippen LogP contribution in [0.15, 0.2) is 29.6 Å². The Morgan fingerprint density at radius 3 is 2.07 bits per heavy atom. The number of hydroxylamine groups is 2. The second-order valence-corrected chi connectivity index (χ2v) is 25.0. The standard InChI is InChI=1S/C64H99N7O15S/c1-15-42(6)48(36-55(75)64(10,11)69(12)13)63(82)70(16-2)51(40(3)4)37-54(85-45(9)72)62-68-50(39-87-62)61(81)66-47(35-46-26-24-41(5)25-27-46)33-43(7)53(74)34-44(8)60(80)67-49(21-19-20-30-65-56(76)38-84-32-31-83-14)52(73)22-17-18-23-59(79)86-71-57(77)28-29-58(71)78/h24-27,39-40,42-44,47-49,51,54H,15-23,28-38H2,1-14H3,(H,65,76)(H,66,81)(H,67,80)/t42?,43?,44?,47-,48+,49?,51-,54-/m1/s1. The Hall–Kier alpha value is -6.30. The number of aryl methyl sites for hydroxylation is 1. The van der Waals surface area contributed by atoms with Gasteiger partial charge in [0.25, 0.3) is 17.7 Å². The first-order valence-corrected chi connectivity index (χ1v) is 31.7. The molecule has 0 saturated carbocycles. The first-order valence-electron chi connectivity index (χ1n) is 30.8. The predicted molar refractivity (Wildman–Crippen MR) is 328 cm³/mol. The summed E-state index contributed by atoms with van der Waals surface area (Å²) in [5, 5.41) is 11.1. The van der Waals surface area contributed by atoms with Crippen molar-refractivity contribution in [2.45, 2.75) is 202 Å². The van der Waals surface area contributed by atoms with Crippen molar-refractivity contribution in [2.24, 2.45) is 29.6 Å². The number of benzene rings is 1. The van der Waals surface area contributed by atoms with Gasteiger partial charge in [0.1, 0.15) is 23.1 Å². The lowest BCUT2D eigenvalue weighted by Crippen LogP contribution is -2.51. The molecule has 1 aliphatic heterocycles. The van der Waals surface area contributed by atoms with Crippen molar-refractivity contribution in [2.75, 3.05) is 54.1 Å². The highest BCUT2D eigenvalue weighted by molar-refractivity contribution is 7.09. The number of unbranched alkanes of at least 4 members (excludes halogenated alkanes) is 2. The number of nitrogens with one attached hydrogen (secondary N) is 3. The van der Waals surface area contributed by atoms with Crippen molar-refractivity contribution in [1.29, 1.82) is 0 Å². The van der Waals surface area contributed by atoms with Crippen molar-refractivity contribution >= 4 is 76.1 Å². The number of imide groups is 1. The minimum Gasteiger partial charge on any atom is -0.455 e. The number of carbonyl (C=O) groups is 11. The van der Waals surface area contributed by atoms with Gasteiger partial charge >= 0.3 is 11.9 Å². The van der Waals surface area contributed by atoms with E-state index in [4.69, 9.17) is 24.0 Å². The number of hydrogen-bond acceptors (Lipinski definition) is 18. The van der Waals surface area contributed by atoms with Crippen molar-refractivity contribution in [3.63, 3.8) is 0 Å². The van der Waals surface area contributed by atoms with E-state index >= 15 is 0 Å². The Bertz CT molecular complexity index is 2610. The van der Waals surface area contributed by atoms with Crippen LogP contribution in [0.2, 0.25) is 0 Å². The third-order valence-corrected chi connectivity index (χ3v) is 17.3. The SMILES string of the molecule is CCC(C)[C@H](CC(=O)C(C)(C)N(C)C)C(=O)N(CC)[C@H](C[C@@H](OC(C)=O)c1nc(C(=O)N[C@@H](Cc2ccc(C)cc2)CC(C)C(=O)CC(C)C(=O)NC(CCCCNC(=O)COCCOC)C(=O)CCCCC(=O)ON2C(=O)CCC2=O)cs1)C(C)C. The molecule has 1 aliphatic rings. The van der Waals surface area contributed by atoms with E-state index in [2.05, 4.69) is 16.0 Å². The third kappa shape index (κ3) is 25.0.